The van der Waals surface area contributed by atoms with Crippen LogP contribution in [0.25, 0.3) is 0 Å². The molecular weight excluding hydrogens is 395 g/mol. The quantitative estimate of drug-likeness (QED) is 0.528. The first-order valence-corrected chi connectivity index (χ1v) is 9.31. The van der Waals surface area contributed by atoms with E-state index in [1.54, 1.807) is 42.5 Å². The summed E-state index contributed by atoms with van der Waals surface area (Å²) in [7, 11) is 0. The lowest BCUT2D eigenvalue weighted by Gasteiger charge is -2.19. The number of benzene rings is 2. The third-order valence-electron chi connectivity index (χ3n) is 4.45. The fraction of sp³-hybridized carbons (Fsp3) is 0.318. The number of ether oxygens (including phenoxy) is 4. The van der Waals surface area contributed by atoms with E-state index in [2.05, 4.69) is 0 Å². The van der Waals surface area contributed by atoms with Crippen LogP contribution in [0.4, 0.5) is 4.39 Å². The van der Waals surface area contributed by atoms with Gasteiger partial charge in [-0.3, -0.25) is 4.79 Å². The monoisotopic (exact) mass is 416 g/mol. The van der Waals surface area contributed by atoms with E-state index in [0.717, 1.165) is 12.5 Å². The number of alkyl halides is 1. The van der Waals surface area contributed by atoms with Gasteiger partial charge in [0.05, 0.1) is 11.1 Å². The van der Waals surface area contributed by atoms with E-state index in [9.17, 15) is 18.8 Å². The SMILES string of the molecule is CC(=O)OC1O[C@H](COC(=O)c2ccc(C)cc2)[C@@H](F)[C@H]1OC(=O)c1ccccc1. The fourth-order valence-corrected chi connectivity index (χ4v) is 2.89. The minimum absolute atomic E-state index is 0.209. The molecule has 0 bridgehead atoms. The Bertz CT molecular complexity index is 897. The number of esters is 3. The molecule has 2 aromatic carbocycles. The Kier molecular flexibility index (Phi) is 6.79. The summed E-state index contributed by atoms with van der Waals surface area (Å²) in [6.45, 7) is 2.56. The lowest BCUT2D eigenvalue weighted by atomic mass is 10.1. The Labute approximate surface area is 172 Å². The van der Waals surface area contributed by atoms with Crippen molar-refractivity contribution in [3.8, 4) is 0 Å². The summed E-state index contributed by atoms with van der Waals surface area (Å²) in [6.07, 6.45) is -6.08. The standard InChI is InChI=1S/C22H21FO7/c1-13-8-10-16(11-9-13)20(25)27-12-17-18(23)19(22(29-17)28-14(2)24)30-21(26)15-6-4-3-5-7-15/h3-11,17-19,22H,12H2,1-2H3/t17-,18-,19-,22?/m1/s1. The highest BCUT2D eigenvalue weighted by molar-refractivity contribution is 5.90. The van der Waals surface area contributed by atoms with Gasteiger partial charge in [0.15, 0.2) is 12.3 Å². The van der Waals surface area contributed by atoms with Crippen LogP contribution in [-0.4, -0.2) is 49.2 Å². The van der Waals surface area contributed by atoms with Gasteiger partial charge < -0.3 is 18.9 Å². The number of aryl methyl sites for hydroxylation is 1. The maximum Gasteiger partial charge on any atom is 0.338 e. The Morgan fingerprint density at radius 2 is 1.57 bits per heavy atom. The maximum atomic E-state index is 15.0. The van der Waals surface area contributed by atoms with E-state index in [4.69, 9.17) is 18.9 Å². The molecule has 4 atom stereocenters. The van der Waals surface area contributed by atoms with Crippen LogP contribution in [0.3, 0.4) is 0 Å². The third-order valence-corrected chi connectivity index (χ3v) is 4.45. The smallest absolute Gasteiger partial charge is 0.338 e. The van der Waals surface area contributed by atoms with Crippen LogP contribution in [0.1, 0.15) is 33.2 Å². The largest absolute Gasteiger partial charge is 0.459 e. The highest BCUT2D eigenvalue weighted by atomic mass is 19.1. The van der Waals surface area contributed by atoms with E-state index in [1.165, 1.54) is 12.1 Å². The van der Waals surface area contributed by atoms with E-state index in [0.29, 0.717) is 5.56 Å². The molecule has 30 heavy (non-hydrogen) atoms. The molecule has 1 aliphatic rings. The van der Waals surface area contributed by atoms with Crippen molar-refractivity contribution in [1.82, 2.24) is 0 Å². The summed E-state index contributed by atoms with van der Waals surface area (Å²) in [5, 5.41) is 0. The van der Waals surface area contributed by atoms with Crippen LogP contribution in [0.2, 0.25) is 0 Å². The van der Waals surface area contributed by atoms with Gasteiger partial charge in [-0.05, 0) is 31.2 Å². The van der Waals surface area contributed by atoms with Crippen LogP contribution in [0.5, 0.6) is 0 Å². The minimum atomic E-state index is -1.87. The second kappa shape index (κ2) is 9.49. The van der Waals surface area contributed by atoms with Crippen LogP contribution in [0, 0.1) is 6.92 Å². The van der Waals surface area contributed by atoms with E-state index in [1.807, 2.05) is 6.92 Å². The lowest BCUT2D eigenvalue weighted by Crippen LogP contribution is -2.37. The van der Waals surface area contributed by atoms with Gasteiger partial charge in [-0.2, -0.15) is 0 Å². The zero-order valence-electron chi connectivity index (χ0n) is 16.4. The van der Waals surface area contributed by atoms with Crippen molar-refractivity contribution in [2.45, 2.75) is 38.5 Å². The van der Waals surface area contributed by atoms with Crippen molar-refractivity contribution >= 4 is 17.9 Å². The summed E-state index contributed by atoms with van der Waals surface area (Å²) < 4.78 is 35.6. The number of hydrogen-bond acceptors (Lipinski definition) is 7. The van der Waals surface area contributed by atoms with Gasteiger partial charge in [0.2, 0.25) is 6.29 Å². The van der Waals surface area contributed by atoms with Crippen molar-refractivity contribution < 1.29 is 37.7 Å². The molecule has 1 unspecified atom stereocenters. The fourth-order valence-electron chi connectivity index (χ4n) is 2.89. The molecular formula is C22H21FO7. The Balaban J connectivity index is 1.65. The number of carbonyl (C=O) groups excluding carboxylic acids is 3. The predicted molar refractivity (Wildman–Crippen MR) is 102 cm³/mol. The Morgan fingerprint density at radius 3 is 2.20 bits per heavy atom. The summed E-state index contributed by atoms with van der Waals surface area (Å²) >= 11 is 0. The molecule has 0 saturated carbocycles. The number of rotatable bonds is 6. The van der Waals surface area contributed by atoms with Gasteiger partial charge in [0.1, 0.15) is 12.7 Å². The molecule has 2 aromatic rings. The van der Waals surface area contributed by atoms with Gasteiger partial charge in [0, 0.05) is 6.92 Å². The molecule has 0 N–H and O–H groups in total. The molecule has 8 heteroatoms. The molecule has 158 valence electrons. The third kappa shape index (κ3) is 5.21. The van der Waals surface area contributed by atoms with Crippen molar-refractivity contribution in [2.75, 3.05) is 6.61 Å². The predicted octanol–water partition coefficient (Wildman–Crippen LogP) is 3.00. The molecule has 7 nitrogen and oxygen atoms in total. The molecule has 0 radical (unpaired) electrons. The number of carbonyl (C=O) groups is 3. The number of hydrogen-bond donors (Lipinski definition) is 0. The van der Waals surface area contributed by atoms with Crippen LogP contribution in [-0.2, 0) is 23.7 Å². The van der Waals surface area contributed by atoms with Crippen molar-refractivity contribution in [2.24, 2.45) is 0 Å². The molecule has 0 aromatic heterocycles. The highest BCUT2D eigenvalue weighted by Gasteiger charge is 2.50. The highest BCUT2D eigenvalue weighted by Crippen LogP contribution is 2.29. The molecule has 0 spiro atoms. The first-order chi connectivity index (χ1) is 14.3. The number of halogens is 1. The van der Waals surface area contributed by atoms with E-state index >= 15 is 0 Å². The average Bonchev–Trinajstić information content (AvgIpc) is 3.01. The van der Waals surface area contributed by atoms with Gasteiger partial charge in [-0.25, -0.2) is 14.0 Å². The molecule has 1 saturated heterocycles. The van der Waals surface area contributed by atoms with Crippen LogP contribution in [0.15, 0.2) is 54.6 Å². The van der Waals surface area contributed by atoms with Gasteiger partial charge >= 0.3 is 17.9 Å². The zero-order valence-corrected chi connectivity index (χ0v) is 16.4. The first kappa shape index (κ1) is 21.4. The first-order valence-electron chi connectivity index (χ1n) is 9.31. The van der Waals surface area contributed by atoms with Crippen LogP contribution < -0.4 is 0 Å². The topological polar surface area (TPSA) is 88.1 Å². The molecule has 1 fully saturated rings. The summed E-state index contributed by atoms with van der Waals surface area (Å²) in [5.74, 6) is -2.17. The van der Waals surface area contributed by atoms with E-state index < -0.39 is 49.2 Å². The summed E-state index contributed by atoms with van der Waals surface area (Å²) in [6, 6.07) is 14.7. The van der Waals surface area contributed by atoms with Crippen molar-refractivity contribution in [3.05, 3.63) is 71.3 Å². The summed E-state index contributed by atoms with van der Waals surface area (Å²) in [5.41, 5.74) is 1.49. The minimum Gasteiger partial charge on any atom is -0.459 e. The zero-order chi connectivity index (χ0) is 21.7. The van der Waals surface area contributed by atoms with Crippen molar-refractivity contribution in [3.63, 3.8) is 0 Å². The maximum absolute atomic E-state index is 15.0. The molecule has 0 amide bonds. The van der Waals surface area contributed by atoms with E-state index in [-0.39, 0.29) is 5.56 Å². The van der Waals surface area contributed by atoms with Gasteiger partial charge in [0.25, 0.3) is 0 Å². The van der Waals surface area contributed by atoms with Crippen LogP contribution >= 0.6 is 0 Å². The second-order valence-corrected chi connectivity index (χ2v) is 6.80. The Hall–Kier alpha value is -3.26. The molecule has 3 rings (SSSR count). The molecule has 1 heterocycles. The average molecular weight is 416 g/mol. The molecule has 0 aliphatic carbocycles. The van der Waals surface area contributed by atoms with Crippen molar-refractivity contribution in [1.29, 1.82) is 0 Å². The molecule has 1 aliphatic heterocycles. The lowest BCUT2D eigenvalue weighted by molar-refractivity contribution is -0.187. The van der Waals surface area contributed by atoms with Gasteiger partial charge in [-0.15, -0.1) is 0 Å². The Morgan fingerprint density at radius 1 is 0.933 bits per heavy atom. The summed E-state index contributed by atoms with van der Waals surface area (Å²) in [4.78, 5) is 35.8. The second-order valence-electron chi connectivity index (χ2n) is 6.80. The van der Waals surface area contributed by atoms with Gasteiger partial charge in [-0.1, -0.05) is 35.9 Å². The normalized spacial score (nSPS) is 22.9.